The molecule has 1 aliphatic rings. The molecule has 4 nitrogen and oxygen atoms in total. The van der Waals surface area contributed by atoms with Crippen LogP contribution in [0.1, 0.15) is 31.2 Å². The second-order valence-corrected chi connectivity index (χ2v) is 5.33. The third-order valence-corrected chi connectivity index (χ3v) is 4.17. The van der Waals surface area contributed by atoms with E-state index >= 15 is 0 Å². The van der Waals surface area contributed by atoms with Gasteiger partial charge in [-0.05, 0) is 43.4 Å². The van der Waals surface area contributed by atoms with Gasteiger partial charge in [0.1, 0.15) is 11.3 Å². The Morgan fingerprint density at radius 3 is 2.45 bits per heavy atom. The average molecular weight is 272 g/mol. The van der Waals surface area contributed by atoms with Crippen LogP contribution in [-0.2, 0) is 11.2 Å². The molecule has 0 N–H and O–H groups in total. The molecule has 1 aliphatic carbocycles. The first-order valence-corrected chi connectivity index (χ1v) is 6.92. The standard InChI is InChI=1S/C16H20N2O2/c1-18(16(12-17)9-3-4-10-16)15(19)11-13-5-7-14(20-2)8-6-13/h5-8H,3-4,9-11H2,1-2H3. The minimum absolute atomic E-state index is 0.00128. The van der Waals surface area contributed by atoms with Crippen LogP contribution in [0.5, 0.6) is 5.75 Å². The number of amides is 1. The lowest BCUT2D eigenvalue weighted by Gasteiger charge is -2.32. The lowest BCUT2D eigenvalue weighted by atomic mass is 9.97. The molecule has 1 fully saturated rings. The summed E-state index contributed by atoms with van der Waals surface area (Å²) in [6.07, 6.45) is 3.94. The Morgan fingerprint density at radius 2 is 1.95 bits per heavy atom. The molecule has 0 aliphatic heterocycles. The predicted octanol–water partition coefficient (Wildman–Crippen LogP) is 2.53. The zero-order valence-corrected chi connectivity index (χ0v) is 12.1. The van der Waals surface area contributed by atoms with Gasteiger partial charge in [-0.2, -0.15) is 5.26 Å². The summed E-state index contributed by atoms with van der Waals surface area (Å²) in [5.74, 6) is 0.775. The Morgan fingerprint density at radius 1 is 1.35 bits per heavy atom. The Bertz CT molecular complexity index is 510. The fraction of sp³-hybridized carbons (Fsp3) is 0.500. The molecule has 0 aromatic heterocycles. The molecule has 1 amide bonds. The van der Waals surface area contributed by atoms with Gasteiger partial charge in [-0.3, -0.25) is 4.79 Å². The van der Waals surface area contributed by atoms with Crippen molar-refractivity contribution in [2.24, 2.45) is 0 Å². The molecule has 1 aromatic rings. The van der Waals surface area contributed by atoms with Crippen LogP contribution in [-0.4, -0.2) is 30.5 Å². The fourth-order valence-electron chi connectivity index (χ4n) is 2.76. The minimum atomic E-state index is -0.594. The molecule has 1 saturated carbocycles. The fourth-order valence-corrected chi connectivity index (χ4v) is 2.76. The molecule has 0 radical (unpaired) electrons. The van der Waals surface area contributed by atoms with E-state index in [0.29, 0.717) is 6.42 Å². The number of ether oxygens (including phenoxy) is 1. The number of carbonyl (C=O) groups is 1. The monoisotopic (exact) mass is 272 g/mol. The first kappa shape index (κ1) is 14.4. The van der Waals surface area contributed by atoms with Crippen LogP contribution in [0.3, 0.4) is 0 Å². The van der Waals surface area contributed by atoms with Crippen molar-refractivity contribution < 1.29 is 9.53 Å². The number of hydrogen-bond donors (Lipinski definition) is 0. The van der Waals surface area contributed by atoms with E-state index < -0.39 is 5.54 Å². The maximum Gasteiger partial charge on any atom is 0.228 e. The van der Waals surface area contributed by atoms with E-state index in [-0.39, 0.29) is 5.91 Å². The summed E-state index contributed by atoms with van der Waals surface area (Å²) in [5.41, 5.74) is 0.345. The molecule has 20 heavy (non-hydrogen) atoms. The topological polar surface area (TPSA) is 53.3 Å². The van der Waals surface area contributed by atoms with E-state index in [4.69, 9.17) is 4.74 Å². The number of benzene rings is 1. The number of hydrogen-bond acceptors (Lipinski definition) is 3. The summed E-state index contributed by atoms with van der Waals surface area (Å²) in [4.78, 5) is 14.0. The maximum atomic E-state index is 12.4. The molecule has 0 spiro atoms. The van der Waals surface area contributed by atoms with Crippen molar-refractivity contribution in [1.82, 2.24) is 4.90 Å². The normalized spacial score (nSPS) is 16.4. The van der Waals surface area contributed by atoms with E-state index in [1.165, 1.54) is 0 Å². The molecule has 0 saturated heterocycles. The zero-order valence-electron chi connectivity index (χ0n) is 12.1. The summed E-state index contributed by atoms with van der Waals surface area (Å²) < 4.78 is 5.10. The number of nitriles is 1. The molecule has 106 valence electrons. The predicted molar refractivity (Wildman–Crippen MR) is 76.3 cm³/mol. The third-order valence-electron chi connectivity index (χ3n) is 4.17. The quantitative estimate of drug-likeness (QED) is 0.846. The molecule has 1 aromatic carbocycles. The summed E-state index contributed by atoms with van der Waals surface area (Å²) in [7, 11) is 3.37. The van der Waals surface area contributed by atoms with Crippen LogP contribution in [0, 0.1) is 11.3 Å². The summed E-state index contributed by atoms with van der Waals surface area (Å²) in [6.45, 7) is 0. The molecule has 0 heterocycles. The van der Waals surface area contributed by atoms with Crippen LogP contribution < -0.4 is 4.74 Å². The molecule has 0 bridgehead atoms. The van der Waals surface area contributed by atoms with Crippen LogP contribution in [0.4, 0.5) is 0 Å². The molecular weight excluding hydrogens is 252 g/mol. The number of likely N-dealkylation sites (N-methyl/N-ethyl adjacent to an activating group) is 1. The Balaban J connectivity index is 2.05. The Hall–Kier alpha value is -2.02. The van der Waals surface area contributed by atoms with Crippen molar-refractivity contribution in [3.05, 3.63) is 29.8 Å². The second-order valence-electron chi connectivity index (χ2n) is 5.33. The minimum Gasteiger partial charge on any atom is -0.497 e. The summed E-state index contributed by atoms with van der Waals surface area (Å²) in [6, 6.07) is 9.81. The summed E-state index contributed by atoms with van der Waals surface area (Å²) in [5, 5.41) is 9.41. The van der Waals surface area contributed by atoms with Crippen LogP contribution in [0.15, 0.2) is 24.3 Å². The highest BCUT2D eigenvalue weighted by Gasteiger charge is 2.40. The smallest absolute Gasteiger partial charge is 0.228 e. The largest absolute Gasteiger partial charge is 0.497 e. The number of carbonyl (C=O) groups excluding carboxylic acids is 1. The van der Waals surface area contributed by atoms with Crippen molar-refractivity contribution in [3.8, 4) is 11.8 Å². The summed E-state index contributed by atoms with van der Waals surface area (Å²) >= 11 is 0. The van der Waals surface area contributed by atoms with Gasteiger partial charge in [-0.25, -0.2) is 0 Å². The van der Waals surface area contributed by atoms with E-state index in [2.05, 4.69) is 6.07 Å². The van der Waals surface area contributed by atoms with Crippen molar-refractivity contribution in [2.45, 2.75) is 37.6 Å². The van der Waals surface area contributed by atoms with E-state index in [1.54, 1.807) is 19.1 Å². The molecular formula is C16H20N2O2. The van der Waals surface area contributed by atoms with Gasteiger partial charge in [0.25, 0.3) is 0 Å². The van der Waals surface area contributed by atoms with Gasteiger partial charge >= 0.3 is 0 Å². The second kappa shape index (κ2) is 5.96. The van der Waals surface area contributed by atoms with Crippen molar-refractivity contribution >= 4 is 5.91 Å². The van der Waals surface area contributed by atoms with Gasteiger partial charge in [-0.15, -0.1) is 0 Å². The first-order valence-electron chi connectivity index (χ1n) is 6.92. The van der Waals surface area contributed by atoms with Crippen molar-refractivity contribution in [3.63, 3.8) is 0 Å². The number of rotatable bonds is 4. The molecule has 4 heteroatoms. The van der Waals surface area contributed by atoms with Gasteiger partial charge in [0.15, 0.2) is 0 Å². The Kier molecular flexibility index (Phi) is 4.29. The van der Waals surface area contributed by atoms with E-state index in [9.17, 15) is 10.1 Å². The lowest BCUT2D eigenvalue weighted by Crippen LogP contribution is -2.47. The van der Waals surface area contributed by atoms with Gasteiger partial charge in [0, 0.05) is 7.05 Å². The van der Waals surface area contributed by atoms with Crippen molar-refractivity contribution in [2.75, 3.05) is 14.2 Å². The highest BCUT2D eigenvalue weighted by atomic mass is 16.5. The van der Waals surface area contributed by atoms with Gasteiger partial charge in [0.05, 0.1) is 19.6 Å². The van der Waals surface area contributed by atoms with Gasteiger partial charge < -0.3 is 9.64 Å². The molecule has 0 atom stereocenters. The van der Waals surface area contributed by atoms with Crippen LogP contribution >= 0.6 is 0 Å². The highest BCUT2D eigenvalue weighted by molar-refractivity contribution is 5.79. The Labute approximate surface area is 120 Å². The highest BCUT2D eigenvalue weighted by Crippen LogP contribution is 2.34. The lowest BCUT2D eigenvalue weighted by molar-refractivity contribution is -0.133. The van der Waals surface area contributed by atoms with Crippen molar-refractivity contribution in [1.29, 1.82) is 5.26 Å². The molecule has 0 unspecified atom stereocenters. The van der Waals surface area contributed by atoms with Crippen LogP contribution in [0.25, 0.3) is 0 Å². The maximum absolute atomic E-state index is 12.4. The number of nitrogens with zero attached hydrogens (tertiary/aromatic N) is 2. The zero-order chi connectivity index (χ0) is 14.6. The SMILES string of the molecule is COc1ccc(CC(=O)N(C)C2(C#N)CCCC2)cc1. The first-order chi connectivity index (χ1) is 9.61. The van der Waals surface area contributed by atoms with Gasteiger partial charge in [-0.1, -0.05) is 12.1 Å². The number of methoxy groups -OCH3 is 1. The average Bonchev–Trinajstić information content (AvgIpc) is 2.97. The third kappa shape index (κ3) is 2.77. The molecule has 2 rings (SSSR count). The van der Waals surface area contributed by atoms with E-state index in [0.717, 1.165) is 37.0 Å². The van der Waals surface area contributed by atoms with Crippen LogP contribution in [0.2, 0.25) is 0 Å². The van der Waals surface area contributed by atoms with Gasteiger partial charge in [0.2, 0.25) is 5.91 Å². The van der Waals surface area contributed by atoms with E-state index in [1.807, 2.05) is 24.3 Å².